The quantitative estimate of drug-likeness (QED) is 0.823. The highest BCUT2D eigenvalue weighted by molar-refractivity contribution is 5.91. The minimum atomic E-state index is -0.0873. The maximum absolute atomic E-state index is 12.2. The van der Waals surface area contributed by atoms with E-state index in [4.69, 9.17) is 0 Å². The van der Waals surface area contributed by atoms with E-state index >= 15 is 0 Å². The van der Waals surface area contributed by atoms with Crippen LogP contribution < -0.4 is 5.32 Å². The minimum Gasteiger partial charge on any atom is -0.336 e. The van der Waals surface area contributed by atoms with Gasteiger partial charge in [-0.2, -0.15) is 0 Å². The van der Waals surface area contributed by atoms with Gasteiger partial charge in [-0.3, -0.25) is 9.59 Å². The molecule has 0 aliphatic rings. The molecule has 2 rings (SSSR count). The highest BCUT2D eigenvalue weighted by atomic mass is 16.2. The van der Waals surface area contributed by atoms with Crippen LogP contribution in [0, 0.1) is 0 Å². The van der Waals surface area contributed by atoms with Gasteiger partial charge in [0.15, 0.2) is 0 Å². The Bertz CT molecular complexity index is 696. The summed E-state index contributed by atoms with van der Waals surface area (Å²) in [5.74, 6) is -0.118. The molecule has 0 heterocycles. The van der Waals surface area contributed by atoms with Gasteiger partial charge < -0.3 is 10.2 Å². The fourth-order valence-electron chi connectivity index (χ4n) is 2.80. The van der Waals surface area contributed by atoms with Crippen molar-refractivity contribution < 1.29 is 9.59 Å². The molecule has 2 amide bonds. The lowest BCUT2D eigenvalue weighted by atomic mass is 10.1. The van der Waals surface area contributed by atoms with Crippen molar-refractivity contribution in [3.8, 4) is 0 Å². The second-order valence-corrected chi connectivity index (χ2v) is 6.15. The summed E-state index contributed by atoms with van der Waals surface area (Å²) in [6.07, 6.45) is 1.24. The van der Waals surface area contributed by atoms with Gasteiger partial charge in [0.1, 0.15) is 0 Å². The topological polar surface area (TPSA) is 49.4 Å². The Morgan fingerprint density at radius 1 is 1.04 bits per heavy atom. The molecule has 25 heavy (non-hydrogen) atoms. The molecule has 0 spiro atoms. The van der Waals surface area contributed by atoms with Crippen LogP contribution in [0.5, 0.6) is 0 Å². The largest absolute Gasteiger partial charge is 0.336 e. The highest BCUT2D eigenvalue weighted by Crippen LogP contribution is 2.20. The second-order valence-electron chi connectivity index (χ2n) is 6.15. The first-order valence-electron chi connectivity index (χ1n) is 8.72. The van der Waals surface area contributed by atoms with Crippen molar-refractivity contribution in [3.05, 3.63) is 65.7 Å². The van der Waals surface area contributed by atoms with Crippen LogP contribution in [0.25, 0.3) is 0 Å². The number of amides is 2. The number of carbonyl (C=O) groups is 2. The van der Waals surface area contributed by atoms with Crippen LogP contribution in [0.4, 0.5) is 5.69 Å². The van der Waals surface area contributed by atoms with Gasteiger partial charge >= 0.3 is 0 Å². The number of benzene rings is 2. The number of anilines is 1. The lowest BCUT2D eigenvalue weighted by Gasteiger charge is -2.28. The molecule has 4 nitrogen and oxygen atoms in total. The van der Waals surface area contributed by atoms with Crippen molar-refractivity contribution in [2.75, 3.05) is 11.9 Å². The number of aryl methyl sites for hydroxylation is 1. The molecule has 1 unspecified atom stereocenters. The molecule has 1 N–H and O–H groups in total. The summed E-state index contributed by atoms with van der Waals surface area (Å²) in [6, 6.07) is 17.6. The fourth-order valence-corrected chi connectivity index (χ4v) is 2.80. The molecule has 0 aliphatic heterocycles. The standard InChI is InChI=1S/C21H26N2O2/c1-4-18-10-12-20(13-11-18)22-21(25)14-15-23(17(3)24)16(2)19-8-6-5-7-9-19/h5-13,16H,4,14-15H2,1-3H3,(H,22,25). The fraction of sp³-hybridized carbons (Fsp3) is 0.333. The smallest absolute Gasteiger partial charge is 0.226 e. The molecular formula is C21H26N2O2. The predicted octanol–water partition coefficient (Wildman–Crippen LogP) is 4.19. The Labute approximate surface area is 149 Å². The van der Waals surface area contributed by atoms with Gasteiger partial charge in [0, 0.05) is 25.6 Å². The molecule has 0 saturated carbocycles. The molecular weight excluding hydrogens is 312 g/mol. The molecule has 0 bridgehead atoms. The number of hydrogen-bond acceptors (Lipinski definition) is 2. The van der Waals surface area contributed by atoms with E-state index in [1.807, 2.05) is 61.5 Å². The molecule has 4 heteroatoms. The van der Waals surface area contributed by atoms with Crippen LogP contribution in [0.1, 0.15) is 44.4 Å². The maximum Gasteiger partial charge on any atom is 0.226 e. The number of rotatable bonds is 7. The van der Waals surface area contributed by atoms with Crippen molar-refractivity contribution in [3.63, 3.8) is 0 Å². The molecule has 2 aromatic carbocycles. The molecule has 0 aliphatic carbocycles. The van der Waals surface area contributed by atoms with E-state index in [0.29, 0.717) is 6.54 Å². The first-order valence-corrected chi connectivity index (χ1v) is 8.72. The van der Waals surface area contributed by atoms with Crippen molar-refractivity contribution in [1.29, 1.82) is 0 Å². The van der Waals surface area contributed by atoms with Gasteiger partial charge in [-0.25, -0.2) is 0 Å². The Balaban J connectivity index is 1.93. The van der Waals surface area contributed by atoms with Crippen molar-refractivity contribution in [2.24, 2.45) is 0 Å². The molecule has 1 atom stereocenters. The van der Waals surface area contributed by atoms with Gasteiger partial charge in [-0.15, -0.1) is 0 Å². The highest BCUT2D eigenvalue weighted by Gasteiger charge is 2.19. The van der Waals surface area contributed by atoms with Crippen LogP contribution in [0.3, 0.4) is 0 Å². The van der Waals surface area contributed by atoms with Gasteiger partial charge in [-0.1, -0.05) is 49.4 Å². The van der Waals surface area contributed by atoms with Gasteiger partial charge in [0.2, 0.25) is 11.8 Å². The zero-order valence-electron chi connectivity index (χ0n) is 15.2. The zero-order chi connectivity index (χ0) is 18.2. The van der Waals surface area contributed by atoms with Crippen LogP contribution in [-0.4, -0.2) is 23.3 Å². The summed E-state index contributed by atoms with van der Waals surface area (Å²) in [4.78, 5) is 25.9. The third-order valence-electron chi connectivity index (χ3n) is 4.38. The van der Waals surface area contributed by atoms with Crippen LogP contribution >= 0.6 is 0 Å². The summed E-state index contributed by atoms with van der Waals surface area (Å²) in [7, 11) is 0. The first-order chi connectivity index (χ1) is 12.0. The average Bonchev–Trinajstić information content (AvgIpc) is 2.62. The van der Waals surface area contributed by atoms with Crippen LogP contribution in [-0.2, 0) is 16.0 Å². The van der Waals surface area contributed by atoms with Gasteiger partial charge in [-0.05, 0) is 36.6 Å². The monoisotopic (exact) mass is 338 g/mol. The Kier molecular flexibility index (Phi) is 6.75. The zero-order valence-corrected chi connectivity index (χ0v) is 15.2. The predicted molar refractivity (Wildman–Crippen MR) is 101 cm³/mol. The van der Waals surface area contributed by atoms with Crippen molar-refractivity contribution in [1.82, 2.24) is 4.90 Å². The van der Waals surface area contributed by atoms with E-state index in [1.165, 1.54) is 5.56 Å². The first kappa shape index (κ1) is 18.7. The average molecular weight is 338 g/mol. The second kappa shape index (κ2) is 9.02. The third kappa shape index (κ3) is 5.45. The minimum absolute atomic E-state index is 0.0311. The van der Waals surface area contributed by atoms with Crippen molar-refractivity contribution >= 4 is 17.5 Å². The van der Waals surface area contributed by atoms with Gasteiger partial charge in [0.25, 0.3) is 0 Å². The SMILES string of the molecule is CCc1ccc(NC(=O)CCN(C(C)=O)C(C)c2ccccc2)cc1. The summed E-state index contributed by atoms with van der Waals surface area (Å²) < 4.78 is 0. The van der Waals surface area contributed by atoms with E-state index in [2.05, 4.69) is 12.2 Å². The third-order valence-corrected chi connectivity index (χ3v) is 4.38. The summed E-state index contributed by atoms with van der Waals surface area (Å²) >= 11 is 0. The van der Waals surface area contributed by atoms with Crippen LogP contribution in [0.2, 0.25) is 0 Å². The van der Waals surface area contributed by atoms with E-state index in [0.717, 1.165) is 17.7 Å². The molecule has 132 valence electrons. The molecule has 0 fully saturated rings. The Morgan fingerprint density at radius 2 is 1.68 bits per heavy atom. The van der Waals surface area contributed by atoms with Gasteiger partial charge in [0.05, 0.1) is 6.04 Å². The van der Waals surface area contributed by atoms with E-state index in [9.17, 15) is 9.59 Å². The van der Waals surface area contributed by atoms with E-state index < -0.39 is 0 Å². The number of nitrogens with zero attached hydrogens (tertiary/aromatic N) is 1. The molecule has 0 saturated heterocycles. The van der Waals surface area contributed by atoms with Crippen molar-refractivity contribution in [2.45, 2.75) is 39.7 Å². The summed E-state index contributed by atoms with van der Waals surface area (Å²) in [6.45, 7) is 6.01. The number of hydrogen-bond donors (Lipinski definition) is 1. The normalized spacial score (nSPS) is 11.6. The number of nitrogens with one attached hydrogen (secondary N) is 1. The van der Waals surface area contributed by atoms with E-state index in [1.54, 1.807) is 11.8 Å². The van der Waals surface area contributed by atoms with E-state index in [-0.39, 0.29) is 24.3 Å². The summed E-state index contributed by atoms with van der Waals surface area (Å²) in [5, 5.41) is 2.89. The maximum atomic E-state index is 12.2. The van der Waals surface area contributed by atoms with Crippen LogP contribution in [0.15, 0.2) is 54.6 Å². The molecule has 2 aromatic rings. The lowest BCUT2D eigenvalue weighted by Crippen LogP contribution is -2.34. The molecule has 0 radical (unpaired) electrons. The Morgan fingerprint density at radius 3 is 2.24 bits per heavy atom. The molecule has 0 aromatic heterocycles. The lowest BCUT2D eigenvalue weighted by molar-refractivity contribution is -0.131. The summed E-state index contributed by atoms with van der Waals surface area (Å²) in [5.41, 5.74) is 3.08. The number of carbonyl (C=O) groups excluding carboxylic acids is 2. The Hall–Kier alpha value is -2.62.